The fourth-order valence-corrected chi connectivity index (χ4v) is 1.71. The van der Waals surface area contributed by atoms with Crippen molar-refractivity contribution in [2.45, 2.75) is 19.9 Å². The molecule has 1 aliphatic heterocycles. The van der Waals surface area contributed by atoms with Crippen LogP contribution in [-0.4, -0.2) is 35.6 Å². The van der Waals surface area contributed by atoms with Gasteiger partial charge in [-0.05, 0) is 26.0 Å². The van der Waals surface area contributed by atoms with E-state index in [0.29, 0.717) is 11.3 Å². The summed E-state index contributed by atoms with van der Waals surface area (Å²) in [5, 5.41) is 5.30. The van der Waals surface area contributed by atoms with Gasteiger partial charge in [0.2, 0.25) is 0 Å². The zero-order valence-electron chi connectivity index (χ0n) is 10.5. The number of Topliss-reactive ketones (excluding diaryl/α,β-unsaturated/α-hetero) is 1. The molecular formula is C13H14N2O3. The highest BCUT2D eigenvalue weighted by atomic mass is 16.5. The van der Waals surface area contributed by atoms with Crippen molar-refractivity contribution < 1.29 is 14.3 Å². The van der Waals surface area contributed by atoms with Crippen LogP contribution in [0, 0.1) is 0 Å². The van der Waals surface area contributed by atoms with E-state index in [2.05, 4.69) is 5.10 Å². The van der Waals surface area contributed by atoms with Crippen LogP contribution in [0.5, 0.6) is 5.75 Å². The number of methoxy groups -OCH3 is 1. The van der Waals surface area contributed by atoms with E-state index in [0.717, 1.165) is 0 Å². The third-order valence-electron chi connectivity index (χ3n) is 2.66. The largest absolute Gasteiger partial charge is 0.497 e. The Balaban J connectivity index is 2.41. The molecule has 0 N–H and O–H groups in total. The molecule has 0 aromatic heterocycles. The third kappa shape index (κ3) is 1.99. The monoisotopic (exact) mass is 246 g/mol. The average Bonchev–Trinajstić information content (AvgIpc) is 2.67. The van der Waals surface area contributed by atoms with Crippen molar-refractivity contribution in [3.05, 3.63) is 29.8 Å². The summed E-state index contributed by atoms with van der Waals surface area (Å²) in [5.74, 6) is -0.529. The Labute approximate surface area is 105 Å². The summed E-state index contributed by atoms with van der Waals surface area (Å²) < 4.78 is 5.09. The van der Waals surface area contributed by atoms with E-state index in [1.807, 2.05) is 13.8 Å². The molecule has 0 fully saturated rings. The van der Waals surface area contributed by atoms with Crippen LogP contribution in [-0.2, 0) is 9.59 Å². The van der Waals surface area contributed by atoms with Crippen LogP contribution < -0.4 is 4.74 Å². The number of nitrogens with zero attached hydrogens (tertiary/aromatic N) is 2. The minimum absolute atomic E-state index is 0.135. The molecule has 0 saturated carbocycles. The Morgan fingerprint density at radius 1 is 1.28 bits per heavy atom. The first-order valence-electron chi connectivity index (χ1n) is 5.65. The molecule has 0 aliphatic carbocycles. The molecule has 1 aliphatic rings. The lowest BCUT2D eigenvalue weighted by Crippen LogP contribution is -2.32. The van der Waals surface area contributed by atoms with Gasteiger partial charge in [-0.2, -0.15) is 5.10 Å². The van der Waals surface area contributed by atoms with Gasteiger partial charge in [0.15, 0.2) is 0 Å². The molecule has 94 valence electrons. The molecule has 2 rings (SSSR count). The maximum Gasteiger partial charge on any atom is 0.317 e. The van der Waals surface area contributed by atoms with Gasteiger partial charge in [-0.1, -0.05) is 12.1 Å². The Kier molecular flexibility index (Phi) is 3.14. The fraction of sp³-hybridized carbons (Fsp3) is 0.308. The molecule has 5 nitrogen and oxygen atoms in total. The smallest absolute Gasteiger partial charge is 0.317 e. The van der Waals surface area contributed by atoms with E-state index in [1.54, 1.807) is 31.4 Å². The van der Waals surface area contributed by atoms with Gasteiger partial charge in [-0.25, -0.2) is 5.01 Å². The van der Waals surface area contributed by atoms with E-state index in [1.165, 1.54) is 5.01 Å². The highest BCUT2D eigenvalue weighted by Crippen LogP contribution is 2.18. The quantitative estimate of drug-likeness (QED) is 0.753. The summed E-state index contributed by atoms with van der Waals surface area (Å²) in [5.41, 5.74) is 0.767. The molecule has 1 amide bonds. The van der Waals surface area contributed by atoms with Crippen LogP contribution in [0.15, 0.2) is 29.4 Å². The Bertz CT molecular complexity index is 535. The number of ether oxygens (including phenoxy) is 1. The van der Waals surface area contributed by atoms with Crippen LogP contribution in [0.25, 0.3) is 0 Å². The number of hydrazone groups is 1. The summed E-state index contributed by atoms with van der Waals surface area (Å²) in [6.07, 6.45) is 0. The van der Waals surface area contributed by atoms with Crippen molar-refractivity contribution in [1.29, 1.82) is 0 Å². The average molecular weight is 246 g/mol. The molecule has 0 spiro atoms. The lowest BCUT2D eigenvalue weighted by molar-refractivity contribution is -0.140. The summed E-state index contributed by atoms with van der Waals surface area (Å²) in [6.45, 7) is 3.62. The highest BCUT2D eigenvalue weighted by Gasteiger charge is 2.36. The highest BCUT2D eigenvalue weighted by molar-refractivity contribution is 6.69. The first-order chi connectivity index (χ1) is 8.54. The number of hydrogen-bond acceptors (Lipinski definition) is 4. The minimum atomic E-state index is -0.581. The summed E-state index contributed by atoms with van der Waals surface area (Å²) in [7, 11) is 1.54. The van der Waals surface area contributed by atoms with Crippen molar-refractivity contribution in [3.63, 3.8) is 0 Å². The fourth-order valence-electron chi connectivity index (χ4n) is 1.71. The molecule has 1 aromatic carbocycles. The number of carbonyl (C=O) groups is 2. The van der Waals surface area contributed by atoms with E-state index in [9.17, 15) is 9.59 Å². The number of rotatable bonds is 3. The third-order valence-corrected chi connectivity index (χ3v) is 2.66. The van der Waals surface area contributed by atoms with Crippen molar-refractivity contribution in [2.75, 3.05) is 7.11 Å². The number of benzene rings is 1. The van der Waals surface area contributed by atoms with Gasteiger partial charge in [-0.3, -0.25) is 9.59 Å². The second-order valence-corrected chi connectivity index (χ2v) is 4.25. The number of amides is 1. The zero-order chi connectivity index (χ0) is 13.3. The lowest BCUT2D eigenvalue weighted by Gasteiger charge is -2.14. The van der Waals surface area contributed by atoms with Crippen molar-refractivity contribution in [3.8, 4) is 5.75 Å². The van der Waals surface area contributed by atoms with E-state index < -0.39 is 11.7 Å². The predicted molar refractivity (Wildman–Crippen MR) is 66.5 cm³/mol. The topological polar surface area (TPSA) is 59.0 Å². The van der Waals surface area contributed by atoms with Crippen molar-refractivity contribution >= 4 is 17.4 Å². The summed E-state index contributed by atoms with van der Waals surface area (Å²) in [6, 6.07) is 6.81. The summed E-state index contributed by atoms with van der Waals surface area (Å²) >= 11 is 0. The Morgan fingerprint density at radius 2 is 2.00 bits per heavy atom. The van der Waals surface area contributed by atoms with Gasteiger partial charge in [0.25, 0.3) is 5.78 Å². The Hall–Kier alpha value is -2.17. The van der Waals surface area contributed by atoms with Gasteiger partial charge in [0, 0.05) is 5.56 Å². The predicted octanol–water partition coefficient (Wildman–Crippen LogP) is 1.22. The van der Waals surface area contributed by atoms with Gasteiger partial charge in [0.05, 0.1) is 13.2 Å². The van der Waals surface area contributed by atoms with Gasteiger partial charge >= 0.3 is 5.91 Å². The zero-order valence-corrected chi connectivity index (χ0v) is 10.5. The first-order valence-corrected chi connectivity index (χ1v) is 5.65. The van der Waals surface area contributed by atoms with Crippen LogP contribution in [0.4, 0.5) is 0 Å². The summed E-state index contributed by atoms with van der Waals surface area (Å²) in [4.78, 5) is 23.6. The maximum atomic E-state index is 11.9. The minimum Gasteiger partial charge on any atom is -0.497 e. The second-order valence-electron chi connectivity index (χ2n) is 4.25. The van der Waals surface area contributed by atoms with Crippen molar-refractivity contribution in [2.24, 2.45) is 5.10 Å². The van der Waals surface area contributed by atoms with Crippen molar-refractivity contribution in [1.82, 2.24) is 5.01 Å². The first kappa shape index (κ1) is 12.3. The van der Waals surface area contributed by atoms with Crippen LogP contribution >= 0.6 is 0 Å². The molecule has 0 bridgehead atoms. The van der Waals surface area contributed by atoms with Gasteiger partial charge in [0.1, 0.15) is 11.5 Å². The number of ketones is 1. The molecule has 1 heterocycles. The molecule has 5 heteroatoms. The van der Waals surface area contributed by atoms with Crippen LogP contribution in [0.1, 0.15) is 19.4 Å². The maximum absolute atomic E-state index is 11.9. The van der Waals surface area contributed by atoms with Crippen LogP contribution in [0.3, 0.4) is 0 Å². The number of hydrogen-bond donors (Lipinski definition) is 0. The van der Waals surface area contributed by atoms with E-state index in [-0.39, 0.29) is 11.8 Å². The number of carbonyl (C=O) groups excluding carboxylic acids is 2. The molecule has 0 atom stereocenters. The molecular weight excluding hydrogens is 232 g/mol. The molecule has 0 radical (unpaired) electrons. The SMILES string of the molecule is COc1cccc(C2=NN(C(C)C)C(=O)C2=O)c1. The molecule has 0 saturated heterocycles. The standard InChI is InChI=1S/C13H14N2O3/c1-8(2)15-13(17)12(16)11(14-15)9-5-4-6-10(7-9)18-3/h4-8H,1-3H3. The van der Waals surface area contributed by atoms with Gasteiger partial charge in [-0.15, -0.1) is 0 Å². The molecule has 1 aromatic rings. The lowest BCUT2D eigenvalue weighted by atomic mass is 10.1. The second kappa shape index (κ2) is 4.60. The van der Waals surface area contributed by atoms with E-state index in [4.69, 9.17) is 4.74 Å². The normalized spacial score (nSPS) is 15.3. The van der Waals surface area contributed by atoms with Crippen LogP contribution in [0.2, 0.25) is 0 Å². The molecule has 18 heavy (non-hydrogen) atoms. The Morgan fingerprint density at radius 3 is 2.56 bits per heavy atom. The molecule has 0 unspecified atom stereocenters. The van der Waals surface area contributed by atoms with E-state index >= 15 is 0 Å². The van der Waals surface area contributed by atoms with Gasteiger partial charge < -0.3 is 4.74 Å².